The molecular weight excluding hydrogens is 310 g/mol. The molecule has 0 bridgehead atoms. The van der Waals surface area contributed by atoms with Crippen molar-refractivity contribution in [3.63, 3.8) is 0 Å². The van der Waals surface area contributed by atoms with Gasteiger partial charge in [-0.3, -0.25) is 0 Å². The van der Waals surface area contributed by atoms with Gasteiger partial charge in [-0.2, -0.15) is 26.3 Å². The summed E-state index contributed by atoms with van der Waals surface area (Å²) in [4.78, 5) is 0. The fraction of sp³-hybridized carbons (Fsp3) is 0.455. The number of ether oxygens (including phenoxy) is 2. The van der Waals surface area contributed by atoms with E-state index in [9.17, 15) is 36.6 Å². The number of phenols is 1. The van der Waals surface area contributed by atoms with Gasteiger partial charge in [-0.15, -0.1) is 0 Å². The van der Waals surface area contributed by atoms with Crippen molar-refractivity contribution in [3.8, 4) is 17.2 Å². The maximum absolute atomic E-state index is 12.7. The molecule has 0 saturated heterocycles. The quantitative estimate of drug-likeness (QED) is 0.841. The molecule has 0 amide bonds. The SMILES string of the molecule is COc1cc(C(O)(C(F)(F)F)C(F)(F)F)cc(OC)c1O. The maximum Gasteiger partial charge on any atom is 0.430 e. The number of methoxy groups -OCH3 is 2. The number of halogens is 6. The van der Waals surface area contributed by atoms with E-state index in [1.54, 1.807) is 0 Å². The number of rotatable bonds is 3. The Morgan fingerprint density at radius 3 is 1.43 bits per heavy atom. The summed E-state index contributed by atoms with van der Waals surface area (Å²) in [6.45, 7) is 0. The number of benzene rings is 1. The van der Waals surface area contributed by atoms with Crippen molar-refractivity contribution < 1.29 is 46.0 Å². The minimum Gasteiger partial charge on any atom is -0.502 e. The molecule has 0 aliphatic heterocycles. The van der Waals surface area contributed by atoms with Crippen LogP contribution in [0.15, 0.2) is 12.1 Å². The number of hydrogen-bond donors (Lipinski definition) is 2. The Labute approximate surface area is 114 Å². The van der Waals surface area contributed by atoms with Gasteiger partial charge in [0.15, 0.2) is 11.5 Å². The number of phenolic OH excluding ortho intramolecular Hbond substituents is 1. The van der Waals surface area contributed by atoms with Crippen LogP contribution >= 0.6 is 0 Å². The van der Waals surface area contributed by atoms with E-state index < -0.39 is 40.8 Å². The zero-order valence-corrected chi connectivity index (χ0v) is 10.6. The predicted octanol–water partition coefficient (Wildman–Crippen LogP) is 2.72. The molecule has 10 heteroatoms. The summed E-state index contributed by atoms with van der Waals surface area (Å²) in [5.41, 5.74) is -6.72. The Balaban J connectivity index is 3.69. The van der Waals surface area contributed by atoms with Crippen LogP contribution < -0.4 is 9.47 Å². The molecule has 0 aromatic heterocycles. The topological polar surface area (TPSA) is 58.9 Å². The largest absolute Gasteiger partial charge is 0.502 e. The van der Waals surface area contributed by atoms with Crippen molar-refractivity contribution in [2.75, 3.05) is 14.2 Å². The molecule has 2 N–H and O–H groups in total. The van der Waals surface area contributed by atoms with Crippen molar-refractivity contribution >= 4 is 0 Å². The molecule has 0 heterocycles. The lowest BCUT2D eigenvalue weighted by atomic mass is 9.91. The van der Waals surface area contributed by atoms with Crippen LogP contribution in [0.25, 0.3) is 0 Å². The standard InChI is InChI=1S/C11H10F6O4/c1-20-6-3-5(4-7(21-2)8(6)18)9(19,10(12,13)14)11(15,16)17/h3-4,18-19H,1-2H3. The first-order valence-corrected chi connectivity index (χ1v) is 5.21. The summed E-state index contributed by atoms with van der Waals surface area (Å²) in [7, 11) is 1.83. The zero-order valence-electron chi connectivity index (χ0n) is 10.6. The van der Waals surface area contributed by atoms with Crippen molar-refractivity contribution in [1.82, 2.24) is 0 Å². The highest BCUT2D eigenvalue weighted by Crippen LogP contribution is 2.52. The van der Waals surface area contributed by atoms with Crippen molar-refractivity contribution in [2.45, 2.75) is 18.0 Å². The first-order chi connectivity index (χ1) is 9.40. The van der Waals surface area contributed by atoms with Gasteiger partial charge in [-0.05, 0) is 12.1 Å². The Hall–Kier alpha value is -1.84. The van der Waals surface area contributed by atoms with Gasteiger partial charge >= 0.3 is 12.4 Å². The summed E-state index contributed by atoms with van der Waals surface area (Å²) >= 11 is 0. The van der Waals surface area contributed by atoms with E-state index >= 15 is 0 Å². The molecule has 0 radical (unpaired) electrons. The lowest BCUT2D eigenvalue weighted by Crippen LogP contribution is -2.53. The maximum atomic E-state index is 12.7. The third-order valence-corrected chi connectivity index (χ3v) is 2.72. The Morgan fingerprint density at radius 2 is 1.19 bits per heavy atom. The molecule has 0 unspecified atom stereocenters. The summed E-state index contributed by atoms with van der Waals surface area (Å²) in [5, 5.41) is 18.7. The van der Waals surface area contributed by atoms with E-state index in [0.717, 1.165) is 14.2 Å². The second-order valence-electron chi connectivity index (χ2n) is 3.94. The number of alkyl halides is 6. The highest BCUT2D eigenvalue weighted by atomic mass is 19.4. The van der Waals surface area contributed by atoms with Crippen LogP contribution in [0.2, 0.25) is 0 Å². The smallest absolute Gasteiger partial charge is 0.430 e. The molecule has 0 fully saturated rings. The first kappa shape index (κ1) is 17.2. The molecule has 120 valence electrons. The molecule has 4 nitrogen and oxygen atoms in total. The minimum absolute atomic E-state index is 0.235. The summed E-state index contributed by atoms with van der Waals surface area (Å²) in [6.07, 6.45) is -12.1. The van der Waals surface area contributed by atoms with Gasteiger partial charge in [-0.1, -0.05) is 0 Å². The van der Waals surface area contributed by atoms with Crippen LogP contribution in [0.1, 0.15) is 5.56 Å². The van der Waals surface area contributed by atoms with Gasteiger partial charge in [-0.25, -0.2) is 0 Å². The predicted molar refractivity (Wildman–Crippen MR) is 57.2 cm³/mol. The third kappa shape index (κ3) is 2.67. The molecule has 1 aromatic rings. The van der Waals surface area contributed by atoms with E-state index in [4.69, 9.17) is 0 Å². The molecule has 0 aliphatic carbocycles. The van der Waals surface area contributed by atoms with Crippen LogP contribution in [0, 0.1) is 0 Å². The Bertz CT molecular complexity index is 483. The summed E-state index contributed by atoms with van der Waals surface area (Å²) in [5.74, 6) is -2.22. The van der Waals surface area contributed by atoms with Crippen molar-refractivity contribution in [3.05, 3.63) is 17.7 Å². The Morgan fingerprint density at radius 1 is 0.857 bits per heavy atom. The molecule has 0 atom stereocenters. The van der Waals surface area contributed by atoms with Crippen LogP contribution in [0.5, 0.6) is 17.2 Å². The minimum atomic E-state index is -6.04. The normalized spacial score (nSPS) is 13.2. The number of aliphatic hydroxyl groups is 1. The van der Waals surface area contributed by atoms with E-state index in [1.807, 2.05) is 0 Å². The molecule has 0 spiro atoms. The van der Waals surface area contributed by atoms with Crippen LogP contribution in [-0.4, -0.2) is 36.8 Å². The van der Waals surface area contributed by atoms with Crippen molar-refractivity contribution in [1.29, 1.82) is 0 Å². The highest BCUT2D eigenvalue weighted by Gasteiger charge is 2.71. The average molecular weight is 320 g/mol. The number of aromatic hydroxyl groups is 1. The van der Waals surface area contributed by atoms with Crippen LogP contribution in [-0.2, 0) is 5.60 Å². The van der Waals surface area contributed by atoms with E-state index in [1.165, 1.54) is 0 Å². The second-order valence-corrected chi connectivity index (χ2v) is 3.94. The molecule has 1 rings (SSSR count). The first-order valence-electron chi connectivity index (χ1n) is 5.21. The van der Waals surface area contributed by atoms with Crippen molar-refractivity contribution in [2.24, 2.45) is 0 Å². The lowest BCUT2D eigenvalue weighted by Gasteiger charge is -2.33. The summed E-state index contributed by atoms with van der Waals surface area (Å²) < 4.78 is 85.4. The van der Waals surface area contributed by atoms with E-state index in [-0.39, 0.29) is 12.1 Å². The summed E-state index contributed by atoms with van der Waals surface area (Å²) in [6, 6.07) is 0.470. The molecule has 0 aliphatic rings. The fourth-order valence-corrected chi connectivity index (χ4v) is 1.59. The zero-order chi connectivity index (χ0) is 16.6. The van der Waals surface area contributed by atoms with Gasteiger partial charge in [0.25, 0.3) is 5.60 Å². The van der Waals surface area contributed by atoms with Crippen LogP contribution in [0.3, 0.4) is 0 Å². The van der Waals surface area contributed by atoms with E-state index in [2.05, 4.69) is 9.47 Å². The van der Waals surface area contributed by atoms with Gasteiger partial charge in [0.1, 0.15) is 0 Å². The second kappa shape index (κ2) is 5.17. The molecule has 0 saturated carbocycles. The van der Waals surface area contributed by atoms with Gasteiger partial charge in [0, 0.05) is 5.56 Å². The average Bonchev–Trinajstić information content (AvgIpc) is 2.35. The Kier molecular flexibility index (Phi) is 4.24. The third-order valence-electron chi connectivity index (χ3n) is 2.72. The number of hydrogen-bond acceptors (Lipinski definition) is 4. The molecular formula is C11H10F6O4. The monoisotopic (exact) mass is 320 g/mol. The molecule has 21 heavy (non-hydrogen) atoms. The highest BCUT2D eigenvalue weighted by molar-refractivity contribution is 5.54. The lowest BCUT2D eigenvalue weighted by molar-refractivity contribution is -0.376. The van der Waals surface area contributed by atoms with Gasteiger partial charge in [0.2, 0.25) is 5.75 Å². The fourth-order valence-electron chi connectivity index (χ4n) is 1.59. The van der Waals surface area contributed by atoms with Gasteiger partial charge in [0.05, 0.1) is 14.2 Å². The molecule has 1 aromatic carbocycles. The van der Waals surface area contributed by atoms with E-state index in [0.29, 0.717) is 0 Å². The van der Waals surface area contributed by atoms with Gasteiger partial charge < -0.3 is 19.7 Å². The van der Waals surface area contributed by atoms with Crippen LogP contribution in [0.4, 0.5) is 26.3 Å².